The third kappa shape index (κ3) is 3.47. The summed E-state index contributed by atoms with van der Waals surface area (Å²) < 4.78 is 0. The summed E-state index contributed by atoms with van der Waals surface area (Å²) in [4.78, 5) is 4.21. The highest BCUT2D eigenvalue weighted by molar-refractivity contribution is 5.80. The van der Waals surface area contributed by atoms with Crippen LogP contribution in [-0.4, -0.2) is 11.2 Å². The number of nitrogen functional groups attached to an aromatic ring is 1. The Morgan fingerprint density at radius 2 is 2.12 bits per heavy atom. The summed E-state index contributed by atoms with van der Waals surface area (Å²) >= 11 is 0. The van der Waals surface area contributed by atoms with Crippen LogP contribution < -0.4 is 27.4 Å². The van der Waals surface area contributed by atoms with Crippen LogP contribution in [0.2, 0.25) is 0 Å². The summed E-state index contributed by atoms with van der Waals surface area (Å²) in [5.41, 5.74) is 19.7. The van der Waals surface area contributed by atoms with E-state index in [1.165, 1.54) is 17.3 Å². The van der Waals surface area contributed by atoms with Gasteiger partial charge in [-0.3, -0.25) is 5.43 Å². The van der Waals surface area contributed by atoms with Gasteiger partial charge < -0.3 is 21.9 Å². The molecule has 2 heterocycles. The van der Waals surface area contributed by atoms with Gasteiger partial charge in [0.05, 0.1) is 5.69 Å². The highest BCUT2D eigenvalue weighted by Crippen LogP contribution is 2.29. The molecule has 7 nitrogen and oxygen atoms in total. The molecule has 124 valence electrons. The fraction of sp³-hybridized carbons (Fsp3) is 0.176. The number of pyridine rings is 1. The molecule has 7 heteroatoms. The van der Waals surface area contributed by atoms with Crippen LogP contribution in [0.4, 0.5) is 17.3 Å². The van der Waals surface area contributed by atoms with Gasteiger partial charge in [-0.1, -0.05) is 24.3 Å². The lowest BCUT2D eigenvalue weighted by atomic mass is 10.1. The van der Waals surface area contributed by atoms with E-state index >= 15 is 0 Å². The predicted molar refractivity (Wildman–Crippen MR) is 97.6 cm³/mol. The number of nitrogens with one attached hydrogen (secondary N) is 5. The average Bonchev–Trinajstić information content (AvgIpc) is 3.04. The van der Waals surface area contributed by atoms with Crippen molar-refractivity contribution >= 4 is 23.5 Å². The zero-order valence-electron chi connectivity index (χ0n) is 13.5. The molecule has 0 aliphatic carbocycles. The number of anilines is 3. The minimum absolute atomic E-state index is 0.443. The molecule has 3 rings (SSSR count). The number of aryl methyl sites for hydroxylation is 1. The van der Waals surface area contributed by atoms with Gasteiger partial charge in [-0.05, 0) is 35.3 Å². The molecule has 0 unspecified atom stereocenters. The van der Waals surface area contributed by atoms with Crippen molar-refractivity contribution in [2.75, 3.05) is 16.6 Å². The Bertz CT molecular complexity index is 783. The number of hydrazine groups is 2. The first-order valence-corrected chi connectivity index (χ1v) is 7.71. The Hall–Kier alpha value is -3.06. The van der Waals surface area contributed by atoms with Crippen molar-refractivity contribution in [3.63, 3.8) is 0 Å². The summed E-state index contributed by atoms with van der Waals surface area (Å²) in [6, 6.07) is 10.1. The van der Waals surface area contributed by atoms with E-state index < -0.39 is 0 Å². The number of hydrogen-bond acceptors (Lipinski definition) is 7. The van der Waals surface area contributed by atoms with E-state index in [4.69, 9.17) is 11.1 Å². The van der Waals surface area contributed by atoms with E-state index in [1.54, 1.807) is 0 Å². The summed E-state index contributed by atoms with van der Waals surface area (Å²) in [7, 11) is 0. The van der Waals surface area contributed by atoms with E-state index in [-0.39, 0.29) is 0 Å². The largest absolute Gasteiger partial charge is 0.387 e. The maximum absolute atomic E-state index is 7.65. The van der Waals surface area contributed by atoms with E-state index in [9.17, 15) is 0 Å². The van der Waals surface area contributed by atoms with Gasteiger partial charge in [0.15, 0.2) is 5.82 Å². The predicted octanol–water partition coefficient (Wildman–Crippen LogP) is 2.09. The van der Waals surface area contributed by atoms with Crippen LogP contribution in [0.3, 0.4) is 0 Å². The lowest BCUT2D eigenvalue weighted by Crippen LogP contribution is -2.19. The van der Waals surface area contributed by atoms with Crippen molar-refractivity contribution < 1.29 is 0 Å². The highest BCUT2D eigenvalue weighted by Gasteiger charge is 2.16. The second-order valence-corrected chi connectivity index (χ2v) is 5.65. The molecule has 1 aromatic heterocycles. The SMILES string of the molecule is Cc1ccccc1CN/C=C(\C=N)Cc1cc(N)nc2c1NNN2. The molecule has 1 aliphatic heterocycles. The summed E-state index contributed by atoms with van der Waals surface area (Å²) in [5.74, 6) is 1.11. The van der Waals surface area contributed by atoms with Gasteiger partial charge >= 0.3 is 0 Å². The lowest BCUT2D eigenvalue weighted by molar-refractivity contribution is 0.854. The van der Waals surface area contributed by atoms with Crippen molar-refractivity contribution in [2.24, 2.45) is 0 Å². The molecule has 1 aromatic carbocycles. The number of nitrogens with zero attached hydrogens (tertiary/aromatic N) is 1. The second-order valence-electron chi connectivity index (χ2n) is 5.65. The van der Waals surface area contributed by atoms with Crippen LogP contribution in [0.1, 0.15) is 16.7 Å². The number of aromatic nitrogens is 1. The molecule has 0 spiro atoms. The molecular formula is C17H21N7. The van der Waals surface area contributed by atoms with Crippen LogP contribution in [0.25, 0.3) is 0 Å². The molecule has 1 aliphatic rings. The highest BCUT2D eigenvalue weighted by atomic mass is 15.6. The first kappa shape index (κ1) is 15.8. The number of benzene rings is 1. The van der Waals surface area contributed by atoms with Crippen molar-refractivity contribution in [1.82, 2.24) is 15.8 Å². The third-order valence-corrected chi connectivity index (χ3v) is 3.91. The number of nitrogens with two attached hydrogens (primary N) is 1. The Balaban J connectivity index is 1.71. The van der Waals surface area contributed by atoms with E-state index in [0.29, 0.717) is 18.1 Å². The van der Waals surface area contributed by atoms with Crippen molar-refractivity contribution in [3.8, 4) is 0 Å². The number of fused-ring (bicyclic) bond motifs is 1. The maximum Gasteiger partial charge on any atom is 0.169 e. The molecule has 0 saturated heterocycles. The minimum Gasteiger partial charge on any atom is -0.387 e. The monoisotopic (exact) mass is 323 g/mol. The Labute approximate surface area is 140 Å². The van der Waals surface area contributed by atoms with Gasteiger partial charge in [0.25, 0.3) is 0 Å². The van der Waals surface area contributed by atoms with Crippen molar-refractivity contribution in [1.29, 1.82) is 5.41 Å². The Morgan fingerprint density at radius 3 is 2.92 bits per heavy atom. The topological polar surface area (TPSA) is 111 Å². The minimum atomic E-state index is 0.443. The quantitative estimate of drug-likeness (QED) is 0.454. The normalized spacial score (nSPS) is 13.0. The zero-order valence-corrected chi connectivity index (χ0v) is 13.5. The average molecular weight is 323 g/mol. The number of rotatable bonds is 6. The van der Waals surface area contributed by atoms with Gasteiger partial charge in [0.1, 0.15) is 5.82 Å². The van der Waals surface area contributed by atoms with Crippen LogP contribution in [-0.2, 0) is 13.0 Å². The molecular weight excluding hydrogens is 302 g/mol. The maximum atomic E-state index is 7.65. The van der Waals surface area contributed by atoms with Crippen molar-refractivity contribution in [2.45, 2.75) is 19.9 Å². The summed E-state index contributed by atoms with van der Waals surface area (Å²) in [6.07, 6.45) is 3.80. The molecule has 0 saturated carbocycles. The summed E-state index contributed by atoms with van der Waals surface area (Å²) in [6.45, 7) is 2.81. The zero-order chi connectivity index (χ0) is 16.9. The molecule has 0 atom stereocenters. The smallest absolute Gasteiger partial charge is 0.169 e. The van der Waals surface area contributed by atoms with Crippen LogP contribution >= 0.6 is 0 Å². The standard InChI is InChI=1S/C17H21N7/c1-11-4-2-3-5-13(11)10-20-9-12(8-18)6-14-7-15(19)21-17-16(14)22-24-23-17/h2-5,7-9,18,20,22,24H,6,10H2,1H3,(H3,19,21,23)/b12-9-,18-8?. The van der Waals surface area contributed by atoms with Gasteiger partial charge in [-0.15, -0.1) is 5.53 Å². The Kier molecular flexibility index (Phi) is 4.62. The molecule has 7 N–H and O–H groups in total. The number of allylic oxidation sites excluding steroid dienone is 1. The van der Waals surface area contributed by atoms with Gasteiger partial charge in [-0.25, -0.2) is 4.98 Å². The van der Waals surface area contributed by atoms with Crippen LogP contribution in [0.15, 0.2) is 42.1 Å². The number of hydrogen-bond donors (Lipinski definition) is 6. The Morgan fingerprint density at radius 1 is 1.29 bits per heavy atom. The van der Waals surface area contributed by atoms with Gasteiger partial charge in [0, 0.05) is 25.4 Å². The molecule has 0 fully saturated rings. The van der Waals surface area contributed by atoms with Crippen LogP contribution in [0, 0.1) is 12.3 Å². The fourth-order valence-electron chi connectivity index (χ4n) is 2.61. The van der Waals surface area contributed by atoms with E-state index in [1.807, 2.05) is 24.4 Å². The second kappa shape index (κ2) is 7.01. The third-order valence-electron chi connectivity index (χ3n) is 3.91. The molecule has 0 radical (unpaired) electrons. The van der Waals surface area contributed by atoms with Gasteiger partial charge in [-0.2, -0.15) is 0 Å². The van der Waals surface area contributed by atoms with Gasteiger partial charge in [0.2, 0.25) is 0 Å². The lowest BCUT2D eigenvalue weighted by Gasteiger charge is -2.10. The van der Waals surface area contributed by atoms with Crippen molar-refractivity contribution in [3.05, 3.63) is 58.8 Å². The molecule has 0 amide bonds. The molecule has 2 aromatic rings. The first-order chi connectivity index (χ1) is 11.7. The van der Waals surface area contributed by atoms with E-state index in [2.05, 4.69) is 45.7 Å². The first-order valence-electron chi connectivity index (χ1n) is 7.71. The fourth-order valence-corrected chi connectivity index (χ4v) is 2.61. The van der Waals surface area contributed by atoms with E-state index in [0.717, 1.165) is 23.4 Å². The molecule has 24 heavy (non-hydrogen) atoms. The molecule has 0 bridgehead atoms. The summed E-state index contributed by atoms with van der Waals surface area (Å²) in [5, 5.41) is 10.9. The van der Waals surface area contributed by atoms with Crippen LogP contribution in [0.5, 0.6) is 0 Å².